The molecule has 30 heavy (non-hydrogen) atoms. The molecule has 158 valence electrons. The minimum atomic E-state index is -1.33. The molecule has 1 aromatic heterocycles. The molecule has 0 bridgehead atoms. The summed E-state index contributed by atoms with van der Waals surface area (Å²) >= 11 is 1.12. The van der Waals surface area contributed by atoms with Gasteiger partial charge >= 0.3 is 10.8 Å². The number of carbonyl (C=O) groups is 1. The molecule has 1 N–H and O–H groups in total. The number of nitrogens with zero attached hydrogens (tertiary/aromatic N) is 2. The topological polar surface area (TPSA) is 107 Å². The number of carboxylic acid groups (broad SMARTS) is 1. The van der Waals surface area contributed by atoms with Crippen LogP contribution in [0.15, 0.2) is 52.4 Å². The predicted octanol–water partition coefficient (Wildman–Crippen LogP) is 4.21. The van der Waals surface area contributed by atoms with Gasteiger partial charge in [0.15, 0.2) is 5.60 Å². The summed E-state index contributed by atoms with van der Waals surface area (Å²) in [5, 5.41) is 12.1. The van der Waals surface area contributed by atoms with Crippen LogP contribution in [0, 0.1) is 4.91 Å². The van der Waals surface area contributed by atoms with Crippen LogP contribution in [0.25, 0.3) is 10.2 Å². The first-order valence-corrected chi connectivity index (χ1v) is 10.1. The fourth-order valence-electron chi connectivity index (χ4n) is 2.81. The van der Waals surface area contributed by atoms with E-state index in [2.05, 4.69) is 5.18 Å². The monoisotopic (exact) mass is 430 g/mol. The highest BCUT2D eigenvalue weighted by Crippen LogP contribution is 2.25. The zero-order chi connectivity index (χ0) is 21.9. The number of aliphatic carboxylic acids is 1. The number of hydrogen-bond acceptors (Lipinski definition) is 7. The van der Waals surface area contributed by atoms with Gasteiger partial charge in [-0.05, 0) is 62.7 Å². The molecule has 0 radical (unpaired) electrons. The zero-order valence-electron chi connectivity index (χ0n) is 16.8. The van der Waals surface area contributed by atoms with Crippen molar-refractivity contribution in [2.45, 2.75) is 39.0 Å². The van der Waals surface area contributed by atoms with Crippen molar-refractivity contribution in [2.75, 3.05) is 6.61 Å². The Morgan fingerprint density at radius 3 is 2.50 bits per heavy atom. The Morgan fingerprint density at radius 1 is 1.20 bits per heavy atom. The number of nitroso groups, excluding NO2 is 1. The summed E-state index contributed by atoms with van der Waals surface area (Å²) in [4.78, 5) is 34.1. The van der Waals surface area contributed by atoms with E-state index in [-0.39, 0.29) is 11.5 Å². The van der Waals surface area contributed by atoms with Gasteiger partial charge in [-0.25, -0.2) is 4.79 Å². The summed E-state index contributed by atoms with van der Waals surface area (Å²) in [6, 6.07) is 11.6. The van der Waals surface area contributed by atoms with E-state index in [9.17, 15) is 14.5 Å². The average molecular weight is 430 g/mol. The molecule has 0 amide bonds. The molecular weight excluding hydrogens is 408 g/mol. The van der Waals surface area contributed by atoms with Crippen LogP contribution in [-0.2, 0) is 11.3 Å². The fourth-order valence-corrected chi connectivity index (χ4v) is 3.78. The molecule has 0 saturated heterocycles. The number of rotatable bonds is 9. The molecule has 2 aromatic carbocycles. The van der Waals surface area contributed by atoms with Crippen molar-refractivity contribution >= 4 is 27.5 Å². The molecule has 3 aromatic rings. The van der Waals surface area contributed by atoms with Gasteiger partial charge in [-0.3, -0.25) is 9.36 Å². The zero-order valence-corrected chi connectivity index (χ0v) is 17.6. The molecule has 1 atom stereocenters. The molecule has 0 spiro atoms. The van der Waals surface area contributed by atoms with Gasteiger partial charge in [-0.15, -0.1) is 0 Å². The van der Waals surface area contributed by atoms with Crippen LogP contribution in [0.1, 0.15) is 32.4 Å². The van der Waals surface area contributed by atoms with E-state index in [1.54, 1.807) is 41.8 Å². The molecule has 0 saturated carbocycles. The van der Waals surface area contributed by atoms with Crippen molar-refractivity contribution in [1.82, 2.24) is 4.57 Å². The van der Waals surface area contributed by atoms with E-state index in [1.807, 2.05) is 12.1 Å². The summed E-state index contributed by atoms with van der Waals surface area (Å²) in [7, 11) is 0. The third-order valence-electron chi connectivity index (χ3n) is 4.63. The highest BCUT2D eigenvalue weighted by molar-refractivity contribution is 7.16. The highest BCUT2D eigenvalue weighted by atomic mass is 32.1. The van der Waals surface area contributed by atoms with Gasteiger partial charge in [0, 0.05) is 0 Å². The predicted molar refractivity (Wildman–Crippen MR) is 115 cm³/mol. The van der Waals surface area contributed by atoms with Crippen molar-refractivity contribution < 1.29 is 19.4 Å². The number of aromatic nitrogens is 1. The first-order chi connectivity index (χ1) is 14.2. The Labute approximate surface area is 176 Å². The molecule has 0 aliphatic carbocycles. The van der Waals surface area contributed by atoms with Crippen LogP contribution in [0.2, 0.25) is 0 Å². The number of benzene rings is 2. The SMILES string of the molecule is CC(N=O)c1ccc2c(c1)sc(=O)n2CCOc1ccc(OC(C)(C)C(=O)O)cc1. The minimum Gasteiger partial charge on any atom is -0.492 e. The summed E-state index contributed by atoms with van der Waals surface area (Å²) in [5.41, 5.74) is 0.230. The smallest absolute Gasteiger partial charge is 0.347 e. The second-order valence-corrected chi connectivity index (χ2v) is 8.26. The third-order valence-corrected chi connectivity index (χ3v) is 5.57. The first-order valence-electron chi connectivity index (χ1n) is 9.32. The maximum Gasteiger partial charge on any atom is 0.347 e. The van der Waals surface area contributed by atoms with Crippen molar-refractivity contribution in [1.29, 1.82) is 0 Å². The van der Waals surface area contributed by atoms with Gasteiger partial charge in [0.25, 0.3) is 0 Å². The normalized spacial score (nSPS) is 12.5. The van der Waals surface area contributed by atoms with Gasteiger partial charge in [0.1, 0.15) is 24.1 Å². The Kier molecular flexibility index (Phi) is 6.21. The van der Waals surface area contributed by atoms with Gasteiger partial charge in [-0.1, -0.05) is 22.6 Å². The van der Waals surface area contributed by atoms with Crippen LogP contribution in [0.5, 0.6) is 11.5 Å². The number of hydrogen-bond donors (Lipinski definition) is 1. The lowest BCUT2D eigenvalue weighted by molar-refractivity contribution is -0.152. The number of fused-ring (bicyclic) bond motifs is 1. The Hall–Kier alpha value is -3.20. The van der Waals surface area contributed by atoms with Crippen LogP contribution in [0.3, 0.4) is 0 Å². The maximum absolute atomic E-state index is 12.3. The molecular formula is C21H22N2O6S. The van der Waals surface area contributed by atoms with Gasteiger partial charge in [0.05, 0.1) is 16.8 Å². The third kappa shape index (κ3) is 4.68. The number of thiazole rings is 1. The van der Waals surface area contributed by atoms with Crippen molar-refractivity contribution in [3.05, 3.63) is 62.6 Å². The van der Waals surface area contributed by atoms with Crippen LogP contribution < -0.4 is 14.3 Å². The van der Waals surface area contributed by atoms with E-state index in [4.69, 9.17) is 14.6 Å². The minimum absolute atomic E-state index is 0.0999. The van der Waals surface area contributed by atoms with E-state index < -0.39 is 17.6 Å². The standard InChI is InChI=1S/C21H22N2O6S/c1-13(22-27)14-4-9-17-18(12-14)30-20(26)23(17)10-11-28-15-5-7-16(8-6-15)29-21(2,3)19(24)25/h4-9,12-13H,10-11H2,1-3H3,(H,24,25). The van der Waals surface area contributed by atoms with Crippen molar-refractivity contribution in [3.63, 3.8) is 0 Å². The van der Waals surface area contributed by atoms with Crippen molar-refractivity contribution in [2.24, 2.45) is 5.18 Å². The van der Waals surface area contributed by atoms with Crippen molar-refractivity contribution in [3.8, 4) is 11.5 Å². The summed E-state index contributed by atoms with van der Waals surface area (Å²) in [6.45, 7) is 5.30. The second kappa shape index (κ2) is 8.66. The van der Waals surface area contributed by atoms with Gasteiger partial charge < -0.3 is 14.6 Å². The fraction of sp³-hybridized carbons (Fsp3) is 0.333. The Balaban J connectivity index is 1.64. The number of carboxylic acids is 1. The lowest BCUT2D eigenvalue weighted by Gasteiger charge is -2.21. The van der Waals surface area contributed by atoms with E-state index in [1.165, 1.54) is 13.8 Å². The van der Waals surface area contributed by atoms with Gasteiger partial charge in [-0.2, -0.15) is 4.91 Å². The maximum atomic E-state index is 12.3. The lowest BCUT2D eigenvalue weighted by Crippen LogP contribution is -2.37. The second-order valence-electron chi connectivity index (χ2n) is 7.27. The lowest BCUT2D eigenvalue weighted by atomic mass is 10.1. The van der Waals surface area contributed by atoms with Gasteiger partial charge in [0.2, 0.25) is 0 Å². The molecule has 0 fully saturated rings. The summed E-state index contributed by atoms with van der Waals surface area (Å²) < 4.78 is 13.6. The summed E-state index contributed by atoms with van der Waals surface area (Å²) in [5.74, 6) is -0.0545. The van der Waals surface area contributed by atoms with E-state index >= 15 is 0 Å². The van der Waals surface area contributed by atoms with E-state index in [0.717, 1.165) is 27.1 Å². The highest BCUT2D eigenvalue weighted by Gasteiger charge is 2.29. The molecule has 1 heterocycles. The average Bonchev–Trinajstić information content (AvgIpc) is 3.02. The molecule has 8 nitrogen and oxygen atoms in total. The summed E-state index contributed by atoms with van der Waals surface area (Å²) in [6.07, 6.45) is 0. The molecule has 0 aliphatic heterocycles. The Morgan fingerprint density at radius 2 is 1.87 bits per heavy atom. The molecule has 0 aliphatic rings. The van der Waals surface area contributed by atoms with E-state index in [0.29, 0.717) is 18.0 Å². The quantitative estimate of drug-likeness (QED) is 0.510. The van der Waals surface area contributed by atoms with Crippen LogP contribution in [-0.4, -0.2) is 27.9 Å². The van der Waals surface area contributed by atoms with Crippen LogP contribution >= 0.6 is 11.3 Å². The first kappa shape index (κ1) is 21.5. The molecule has 3 rings (SSSR count). The molecule has 9 heteroatoms. The number of ether oxygens (including phenoxy) is 2. The Bertz CT molecular complexity index is 1120. The van der Waals surface area contributed by atoms with Crippen LogP contribution in [0.4, 0.5) is 0 Å². The molecule has 1 unspecified atom stereocenters. The largest absolute Gasteiger partial charge is 0.492 e.